The number of hydrogen-bond donors (Lipinski definition) is 1. The summed E-state index contributed by atoms with van der Waals surface area (Å²) in [4.78, 5) is 0. The Morgan fingerprint density at radius 1 is 1.37 bits per heavy atom. The molecule has 1 aromatic carbocycles. The maximum Gasteiger partial charge on any atom is 0.179 e. The Balaban J connectivity index is 2.29. The van der Waals surface area contributed by atoms with E-state index in [0.717, 1.165) is 18.4 Å². The van der Waals surface area contributed by atoms with E-state index in [1.54, 1.807) is 7.11 Å². The third-order valence-corrected chi connectivity index (χ3v) is 3.96. The van der Waals surface area contributed by atoms with Crippen molar-refractivity contribution in [3.8, 4) is 11.5 Å². The minimum Gasteiger partial charge on any atom is -0.491 e. The van der Waals surface area contributed by atoms with Crippen molar-refractivity contribution in [1.82, 2.24) is 0 Å². The number of hydrogen-bond acceptors (Lipinski definition) is 3. The van der Waals surface area contributed by atoms with Gasteiger partial charge < -0.3 is 14.6 Å². The van der Waals surface area contributed by atoms with E-state index >= 15 is 0 Å². The summed E-state index contributed by atoms with van der Waals surface area (Å²) in [6.45, 7) is 2.04. The van der Waals surface area contributed by atoms with Gasteiger partial charge in [-0.25, -0.2) is 0 Å². The topological polar surface area (TPSA) is 38.7 Å². The number of aliphatic hydroxyl groups is 1. The summed E-state index contributed by atoms with van der Waals surface area (Å²) in [5.74, 6) is 1.31. The monoisotopic (exact) mass is 284 g/mol. The predicted octanol–water partition coefficient (Wildman–Crippen LogP) is 3.77. The van der Waals surface area contributed by atoms with E-state index < -0.39 is 0 Å². The second-order valence-corrected chi connectivity index (χ2v) is 5.55. The molecule has 0 aliphatic heterocycles. The van der Waals surface area contributed by atoms with E-state index in [1.807, 2.05) is 19.1 Å². The van der Waals surface area contributed by atoms with E-state index in [-0.39, 0.29) is 18.6 Å². The first kappa shape index (κ1) is 14.5. The summed E-state index contributed by atoms with van der Waals surface area (Å²) in [5.41, 5.74) is 0.973. The highest BCUT2D eigenvalue weighted by Crippen LogP contribution is 2.39. The number of rotatable bonds is 5. The molecular formula is C15H21ClO3. The van der Waals surface area contributed by atoms with Gasteiger partial charge in [-0.2, -0.15) is 0 Å². The molecule has 1 fully saturated rings. The molecule has 4 heteroatoms. The molecule has 3 nitrogen and oxygen atoms in total. The van der Waals surface area contributed by atoms with Crippen molar-refractivity contribution in [2.24, 2.45) is 0 Å². The standard InChI is InChI=1S/C15H21ClO3/c1-10(9-17)11-7-13(16)15(18-2)14(8-11)19-12-5-3-4-6-12/h7-8,10,12,17H,3-6,9H2,1-2H3. The molecule has 0 spiro atoms. The van der Waals surface area contributed by atoms with Crippen LogP contribution in [0.2, 0.25) is 5.02 Å². The molecule has 0 saturated heterocycles. The molecule has 1 unspecified atom stereocenters. The summed E-state index contributed by atoms with van der Waals surface area (Å²) in [7, 11) is 1.60. The normalized spacial score (nSPS) is 17.5. The van der Waals surface area contributed by atoms with Crippen molar-refractivity contribution in [2.45, 2.75) is 44.6 Å². The Hall–Kier alpha value is -0.930. The molecule has 0 amide bonds. The maximum atomic E-state index is 9.27. The third-order valence-electron chi connectivity index (χ3n) is 3.67. The molecule has 106 valence electrons. The SMILES string of the molecule is COc1c(Cl)cc(C(C)CO)cc1OC1CCCC1. The lowest BCUT2D eigenvalue weighted by molar-refractivity contribution is 0.200. The van der Waals surface area contributed by atoms with Crippen molar-refractivity contribution in [3.05, 3.63) is 22.7 Å². The van der Waals surface area contributed by atoms with Gasteiger partial charge in [-0.05, 0) is 43.4 Å². The van der Waals surface area contributed by atoms with Crippen LogP contribution in [0.25, 0.3) is 0 Å². The van der Waals surface area contributed by atoms with Crippen LogP contribution in [0.3, 0.4) is 0 Å². The van der Waals surface area contributed by atoms with Gasteiger partial charge in [-0.15, -0.1) is 0 Å². The summed E-state index contributed by atoms with van der Waals surface area (Å²) in [6.07, 6.45) is 4.85. The third kappa shape index (κ3) is 3.34. The Labute approximate surface area is 119 Å². The highest BCUT2D eigenvalue weighted by atomic mass is 35.5. The molecule has 0 aromatic heterocycles. The molecule has 1 N–H and O–H groups in total. The molecule has 1 atom stereocenters. The van der Waals surface area contributed by atoms with Crippen molar-refractivity contribution < 1.29 is 14.6 Å². The van der Waals surface area contributed by atoms with Crippen LogP contribution in [0.5, 0.6) is 11.5 Å². The van der Waals surface area contributed by atoms with Crippen LogP contribution in [0.15, 0.2) is 12.1 Å². The Morgan fingerprint density at radius 3 is 2.63 bits per heavy atom. The van der Waals surface area contributed by atoms with Crippen molar-refractivity contribution >= 4 is 11.6 Å². The van der Waals surface area contributed by atoms with Crippen LogP contribution in [-0.4, -0.2) is 24.9 Å². The summed E-state index contributed by atoms with van der Waals surface area (Å²) >= 11 is 6.23. The lowest BCUT2D eigenvalue weighted by Crippen LogP contribution is -2.12. The largest absolute Gasteiger partial charge is 0.491 e. The zero-order chi connectivity index (χ0) is 13.8. The number of aliphatic hydroxyl groups excluding tert-OH is 1. The average molecular weight is 285 g/mol. The van der Waals surface area contributed by atoms with Gasteiger partial charge in [0.15, 0.2) is 11.5 Å². The first-order valence-electron chi connectivity index (χ1n) is 6.80. The molecule has 1 aromatic rings. The summed E-state index contributed by atoms with van der Waals surface area (Å²) in [5, 5.41) is 9.80. The fourth-order valence-electron chi connectivity index (χ4n) is 2.45. The fourth-order valence-corrected chi connectivity index (χ4v) is 2.75. The summed E-state index contributed by atoms with van der Waals surface area (Å²) < 4.78 is 11.4. The van der Waals surface area contributed by atoms with E-state index in [2.05, 4.69) is 0 Å². The average Bonchev–Trinajstić information content (AvgIpc) is 2.90. The molecule has 19 heavy (non-hydrogen) atoms. The van der Waals surface area contributed by atoms with Gasteiger partial charge in [0.2, 0.25) is 0 Å². The summed E-state index contributed by atoms with van der Waals surface area (Å²) in [6, 6.07) is 3.77. The highest BCUT2D eigenvalue weighted by molar-refractivity contribution is 6.32. The number of ether oxygens (including phenoxy) is 2. The van der Waals surface area contributed by atoms with E-state index in [0.29, 0.717) is 16.5 Å². The molecule has 0 heterocycles. The van der Waals surface area contributed by atoms with Gasteiger partial charge in [-0.3, -0.25) is 0 Å². The zero-order valence-electron chi connectivity index (χ0n) is 11.5. The number of methoxy groups -OCH3 is 1. The predicted molar refractivity (Wildman–Crippen MR) is 76.4 cm³/mol. The zero-order valence-corrected chi connectivity index (χ0v) is 12.2. The van der Waals surface area contributed by atoms with Gasteiger partial charge in [0.25, 0.3) is 0 Å². The molecule has 0 bridgehead atoms. The van der Waals surface area contributed by atoms with Gasteiger partial charge in [0.05, 0.1) is 18.2 Å². The molecule has 1 aliphatic carbocycles. The minimum absolute atomic E-state index is 0.0364. The molecule has 1 saturated carbocycles. The van der Waals surface area contributed by atoms with Crippen LogP contribution in [0.4, 0.5) is 0 Å². The second-order valence-electron chi connectivity index (χ2n) is 5.14. The smallest absolute Gasteiger partial charge is 0.179 e. The first-order valence-corrected chi connectivity index (χ1v) is 7.18. The van der Waals surface area contributed by atoms with E-state index in [9.17, 15) is 5.11 Å². The maximum absolute atomic E-state index is 9.27. The fraction of sp³-hybridized carbons (Fsp3) is 0.600. The van der Waals surface area contributed by atoms with Crippen LogP contribution < -0.4 is 9.47 Å². The van der Waals surface area contributed by atoms with Crippen LogP contribution >= 0.6 is 11.6 Å². The van der Waals surface area contributed by atoms with Crippen LogP contribution in [0.1, 0.15) is 44.1 Å². The number of halogens is 1. The minimum atomic E-state index is 0.0364. The van der Waals surface area contributed by atoms with Crippen LogP contribution in [0, 0.1) is 0 Å². The van der Waals surface area contributed by atoms with E-state index in [1.165, 1.54) is 12.8 Å². The van der Waals surface area contributed by atoms with E-state index in [4.69, 9.17) is 21.1 Å². The first-order chi connectivity index (χ1) is 9.15. The second kappa shape index (κ2) is 6.49. The molecular weight excluding hydrogens is 264 g/mol. The highest BCUT2D eigenvalue weighted by Gasteiger charge is 2.21. The lowest BCUT2D eigenvalue weighted by atomic mass is 10.0. The van der Waals surface area contributed by atoms with Crippen LogP contribution in [-0.2, 0) is 0 Å². The Bertz CT molecular complexity index is 428. The lowest BCUT2D eigenvalue weighted by Gasteiger charge is -2.19. The Kier molecular flexibility index (Phi) is 4.94. The van der Waals surface area contributed by atoms with Crippen molar-refractivity contribution in [2.75, 3.05) is 13.7 Å². The van der Waals surface area contributed by atoms with Gasteiger partial charge in [0, 0.05) is 12.5 Å². The van der Waals surface area contributed by atoms with Crippen molar-refractivity contribution in [1.29, 1.82) is 0 Å². The van der Waals surface area contributed by atoms with Gasteiger partial charge in [0.1, 0.15) is 0 Å². The number of benzene rings is 1. The van der Waals surface area contributed by atoms with Gasteiger partial charge >= 0.3 is 0 Å². The molecule has 1 aliphatic rings. The molecule has 2 rings (SSSR count). The molecule has 0 radical (unpaired) electrons. The van der Waals surface area contributed by atoms with Crippen molar-refractivity contribution in [3.63, 3.8) is 0 Å². The van der Waals surface area contributed by atoms with Gasteiger partial charge in [-0.1, -0.05) is 18.5 Å². The quantitative estimate of drug-likeness (QED) is 0.894. The Morgan fingerprint density at radius 2 is 2.05 bits per heavy atom.